The van der Waals surface area contributed by atoms with Crippen molar-refractivity contribution in [3.05, 3.63) is 24.0 Å². The van der Waals surface area contributed by atoms with Gasteiger partial charge in [0.2, 0.25) is 0 Å². The highest BCUT2D eigenvalue weighted by molar-refractivity contribution is 7.99. The SMILES string of the molecule is CCCn1c(SCC(=O)O)nnc1-c1ccc(O)cc1F. The molecule has 0 amide bonds. The van der Waals surface area contributed by atoms with Gasteiger partial charge in [-0.15, -0.1) is 10.2 Å². The number of benzene rings is 1. The number of rotatable bonds is 6. The van der Waals surface area contributed by atoms with Crippen LogP contribution in [0.5, 0.6) is 5.75 Å². The Labute approximate surface area is 124 Å². The third-order valence-electron chi connectivity index (χ3n) is 2.68. The molecular formula is C13H14FN3O3S. The number of carboxylic acid groups (broad SMARTS) is 1. The van der Waals surface area contributed by atoms with E-state index in [1.165, 1.54) is 12.1 Å². The van der Waals surface area contributed by atoms with Crippen molar-refractivity contribution in [1.82, 2.24) is 14.8 Å². The van der Waals surface area contributed by atoms with Crippen LogP contribution in [0.3, 0.4) is 0 Å². The first-order chi connectivity index (χ1) is 10.0. The van der Waals surface area contributed by atoms with Crippen LogP contribution in [0.15, 0.2) is 23.4 Å². The number of halogens is 1. The Hall–Kier alpha value is -2.09. The largest absolute Gasteiger partial charge is 0.508 e. The zero-order valence-corrected chi connectivity index (χ0v) is 12.1. The number of aliphatic carboxylic acids is 1. The number of phenols is 1. The molecule has 0 aliphatic rings. The van der Waals surface area contributed by atoms with Gasteiger partial charge in [0.15, 0.2) is 11.0 Å². The van der Waals surface area contributed by atoms with Gasteiger partial charge in [0.1, 0.15) is 11.6 Å². The highest BCUT2D eigenvalue weighted by Gasteiger charge is 2.17. The standard InChI is InChI=1S/C13H14FN3O3S/c1-2-5-17-12(9-4-3-8(18)6-10(9)14)15-16-13(17)21-7-11(19)20/h3-4,6,18H,2,5,7H2,1H3,(H,19,20). The van der Waals surface area contributed by atoms with Crippen molar-refractivity contribution in [2.45, 2.75) is 25.0 Å². The van der Waals surface area contributed by atoms with E-state index in [2.05, 4.69) is 10.2 Å². The highest BCUT2D eigenvalue weighted by atomic mass is 32.2. The highest BCUT2D eigenvalue weighted by Crippen LogP contribution is 2.28. The van der Waals surface area contributed by atoms with Gasteiger partial charge in [0.25, 0.3) is 0 Å². The lowest BCUT2D eigenvalue weighted by atomic mass is 10.2. The number of thioether (sulfide) groups is 1. The number of carbonyl (C=O) groups is 1. The Morgan fingerprint density at radius 1 is 1.43 bits per heavy atom. The monoisotopic (exact) mass is 311 g/mol. The molecule has 0 saturated heterocycles. The number of carboxylic acids is 1. The predicted octanol–water partition coefficient (Wildman–Crippen LogP) is 2.38. The molecule has 0 atom stereocenters. The van der Waals surface area contributed by atoms with Crippen LogP contribution in [0, 0.1) is 5.82 Å². The average molecular weight is 311 g/mol. The maximum absolute atomic E-state index is 13.9. The summed E-state index contributed by atoms with van der Waals surface area (Å²) in [6.45, 7) is 2.49. The summed E-state index contributed by atoms with van der Waals surface area (Å²) in [7, 11) is 0. The summed E-state index contributed by atoms with van der Waals surface area (Å²) in [6, 6.07) is 3.80. The minimum absolute atomic E-state index is 0.139. The molecule has 0 aliphatic carbocycles. The van der Waals surface area contributed by atoms with Crippen molar-refractivity contribution in [2.75, 3.05) is 5.75 Å². The Balaban J connectivity index is 2.41. The fraction of sp³-hybridized carbons (Fsp3) is 0.308. The summed E-state index contributed by atoms with van der Waals surface area (Å²) in [5.41, 5.74) is 0.218. The van der Waals surface area contributed by atoms with Crippen LogP contribution in [0.1, 0.15) is 13.3 Å². The molecule has 8 heteroatoms. The van der Waals surface area contributed by atoms with Gasteiger partial charge in [-0.25, -0.2) is 4.39 Å². The minimum Gasteiger partial charge on any atom is -0.508 e. The van der Waals surface area contributed by atoms with Gasteiger partial charge >= 0.3 is 5.97 Å². The second kappa shape index (κ2) is 6.57. The lowest BCUT2D eigenvalue weighted by Gasteiger charge is -2.09. The van der Waals surface area contributed by atoms with Crippen molar-refractivity contribution < 1.29 is 19.4 Å². The van der Waals surface area contributed by atoms with Gasteiger partial charge in [-0.2, -0.15) is 0 Å². The van der Waals surface area contributed by atoms with E-state index in [1.54, 1.807) is 4.57 Å². The molecule has 1 aromatic heterocycles. The van der Waals surface area contributed by atoms with Crippen LogP contribution in [0.25, 0.3) is 11.4 Å². The Morgan fingerprint density at radius 2 is 2.19 bits per heavy atom. The number of aromatic nitrogens is 3. The Morgan fingerprint density at radius 3 is 2.81 bits per heavy atom. The van der Waals surface area contributed by atoms with Crippen molar-refractivity contribution in [1.29, 1.82) is 0 Å². The lowest BCUT2D eigenvalue weighted by molar-refractivity contribution is -0.133. The van der Waals surface area contributed by atoms with Crippen LogP contribution in [0.2, 0.25) is 0 Å². The third-order valence-corrected chi connectivity index (χ3v) is 3.63. The van der Waals surface area contributed by atoms with Gasteiger partial charge in [0.05, 0.1) is 11.3 Å². The second-order valence-corrected chi connectivity index (χ2v) is 5.25. The molecule has 1 aromatic carbocycles. The molecule has 0 aliphatic heterocycles. The topological polar surface area (TPSA) is 88.2 Å². The van der Waals surface area contributed by atoms with Gasteiger partial charge in [-0.1, -0.05) is 18.7 Å². The van der Waals surface area contributed by atoms with Crippen molar-refractivity contribution in [3.8, 4) is 17.1 Å². The van der Waals surface area contributed by atoms with Crippen LogP contribution in [-0.4, -0.2) is 36.7 Å². The maximum Gasteiger partial charge on any atom is 0.313 e. The molecule has 112 valence electrons. The molecule has 2 aromatic rings. The molecule has 1 heterocycles. The number of phenolic OH excluding ortho intramolecular Hbond substituents is 1. The van der Waals surface area contributed by atoms with Crippen LogP contribution >= 0.6 is 11.8 Å². The summed E-state index contributed by atoms with van der Waals surface area (Å²) < 4.78 is 15.6. The summed E-state index contributed by atoms with van der Waals surface area (Å²) in [5.74, 6) is -1.54. The molecule has 0 unspecified atom stereocenters. The number of nitrogens with zero attached hydrogens (tertiary/aromatic N) is 3. The molecule has 6 nitrogen and oxygen atoms in total. The van der Waals surface area contributed by atoms with Gasteiger partial charge in [0, 0.05) is 12.6 Å². The van der Waals surface area contributed by atoms with E-state index in [-0.39, 0.29) is 17.1 Å². The number of hydrogen-bond acceptors (Lipinski definition) is 5. The minimum atomic E-state index is -0.955. The first kappa shape index (κ1) is 15.3. The van der Waals surface area contributed by atoms with E-state index in [9.17, 15) is 14.3 Å². The molecule has 2 rings (SSSR count). The lowest BCUT2D eigenvalue weighted by Crippen LogP contribution is -2.05. The van der Waals surface area contributed by atoms with Crippen molar-refractivity contribution >= 4 is 17.7 Å². The van der Waals surface area contributed by atoms with E-state index in [1.807, 2.05) is 6.92 Å². The molecule has 0 radical (unpaired) electrons. The quantitative estimate of drug-likeness (QED) is 0.796. The van der Waals surface area contributed by atoms with E-state index in [0.29, 0.717) is 17.5 Å². The normalized spacial score (nSPS) is 10.8. The second-order valence-electron chi connectivity index (χ2n) is 4.30. The summed E-state index contributed by atoms with van der Waals surface area (Å²) in [5, 5.41) is 26.3. The smallest absolute Gasteiger partial charge is 0.313 e. The molecule has 0 saturated carbocycles. The zero-order valence-electron chi connectivity index (χ0n) is 11.3. The molecule has 21 heavy (non-hydrogen) atoms. The van der Waals surface area contributed by atoms with Crippen LogP contribution in [-0.2, 0) is 11.3 Å². The third kappa shape index (κ3) is 3.52. The molecule has 0 fully saturated rings. The number of aromatic hydroxyl groups is 1. The Bertz CT molecular complexity index is 660. The first-order valence-electron chi connectivity index (χ1n) is 6.29. The Kier molecular flexibility index (Phi) is 4.79. The fourth-order valence-corrected chi connectivity index (χ4v) is 2.52. The fourth-order valence-electron chi connectivity index (χ4n) is 1.83. The van der Waals surface area contributed by atoms with Gasteiger partial charge in [-0.05, 0) is 18.6 Å². The van der Waals surface area contributed by atoms with E-state index < -0.39 is 11.8 Å². The van der Waals surface area contributed by atoms with Crippen LogP contribution in [0.4, 0.5) is 4.39 Å². The van der Waals surface area contributed by atoms with Crippen LogP contribution < -0.4 is 0 Å². The zero-order chi connectivity index (χ0) is 15.4. The van der Waals surface area contributed by atoms with E-state index in [4.69, 9.17) is 5.11 Å². The first-order valence-corrected chi connectivity index (χ1v) is 7.28. The summed E-state index contributed by atoms with van der Waals surface area (Å²) in [4.78, 5) is 10.6. The molecular weight excluding hydrogens is 297 g/mol. The van der Waals surface area contributed by atoms with Crippen molar-refractivity contribution in [2.24, 2.45) is 0 Å². The van der Waals surface area contributed by atoms with Crippen molar-refractivity contribution in [3.63, 3.8) is 0 Å². The number of hydrogen-bond donors (Lipinski definition) is 2. The van der Waals surface area contributed by atoms with E-state index in [0.717, 1.165) is 24.2 Å². The summed E-state index contributed by atoms with van der Waals surface area (Å²) in [6.07, 6.45) is 0.769. The van der Waals surface area contributed by atoms with Gasteiger partial charge in [-0.3, -0.25) is 4.79 Å². The van der Waals surface area contributed by atoms with Gasteiger partial charge < -0.3 is 14.8 Å². The average Bonchev–Trinajstić information content (AvgIpc) is 2.80. The maximum atomic E-state index is 13.9. The van der Waals surface area contributed by atoms with E-state index >= 15 is 0 Å². The summed E-state index contributed by atoms with van der Waals surface area (Å²) >= 11 is 1.04. The molecule has 0 bridgehead atoms. The molecule has 2 N–H and O–H groups in total. The predicted molar refractivity (Wildman–Crippen MR) is 75.7 cm³/mol. The molecule has 0 spiro atoms.